The van der Waals surface area contributed by atoms with Gasteiger partial charge in [0.2, 0.25) is 5.91 Å². The highest BCUT2D eigenvalue weighted by molar-refractivity contribution is 6.03. The summed E-state index contributed by atoms with van der Waals surface area (Å²) in [7, 11) is 0. The van der Waals surface area contributed by atoms with Crippen LogP contribution in [0, 0.1) is 11.7 Å². The smallest absolute Gasteiger partial charge is 0.303 e. The third-order valence-electron chi connectivity index (χ3n) is 8.38. The largest absolute Gasteiger partial charge is 0.481 e. The van der Waals surface area contributed by atoms with Gasteiger partial charge in [-0.1, -0.05) is 48.5 Å². The van der Waals surface area contributed by atoms with E-state index < -0.39 is 48.0 Å². The number of hydrogen-bond acceptors (Lipinski definition) is 8. The van der Waals surface area contributed by atoms with Gasteiger partial charge in [0.15, 0.2) is 0 Å². The van der Waals surface area contributed by atoms with Crippen molar-refractivity contribution in [1.82, 2.24) is 0 Å². The Balaban J connectivity index is 1.55. The van der Waals surface area contributed by atoms with Crippen LogP contribution in [0.3, 0.4) is 0 Å². The molecule has 4 rings (SSSR count). The second kappa shape index (κ2) is 15.8. The van der Waals surface area contributed by atoms with Crippen molar-refractivity contribution in [3.8, 4) is 0 Å². The van der Waals surface area contributed by atoms with Gasteiger partial charge in [0.05, 0.1) is 18.6 Å². The van der Waals surface area contributed by atoms with Gasteiger partial charge in [-0.3, -0.25) is 19.2 Å². The minimum Gasteiger partial charge on any atom is -0.481 e. The summed E-state index contributed by atoms with van der Waals surface area (Å²) in [6, 6.07) is 20.1. The number of aliphatic hydroxyl groups is 2. The number of halogens is 1. The number of benzene rings is 3. The molecule has 1 amide bonds. The summed E-state index contributed by atoms with van der Waals surface area (Å²) in [4.78, 5) is 49.5. The average Bonchev–Trinajstić information content (AvgIpc) is 3.05. The number of aliphatic carboxylic acids is 1. The van der Waals surface area contributed by atoms with E-state index in [0.717, 1.165) is 16.7 Å². The van der Waals surface area contributed by atoms with E-state index in [-0.39, 0.29) is 31.4 Å². The summed E-state index contributed by atoms with van der Waals surface area (Å²) in [6.07, 6.45) is 0.967. The molecule has 0 radical (unpaired) electrons. The molecular weight excluding hydrogens is 609 g/mol. The zero-order valence-electron chi connectivity index (χ0n) is 26.4. The van der Waals surface area contributed by atoms with Crippen molar-refractivity contribution in [3.63, 3.8) is 0 Å². The van der Waals surface area contributed by atoms with Gasteiger partial charge in [0, 0.05) is 26.0 Å². The summed E-state index contributed by atoms with van der Waals surface area (Å²) < 4.78 is 24.0. The number of anilines is 1. The first kappa shape index (κ1) is 35.2. The number of carboxylic acids is 1. The number of esters is 2. The molecule has 1 heterocycles. The number of ether oxygens (including phenoxy) is 2. The molecule has 0 aliphatic carbocycles. The lowest BCUT2D eigenvalue weighted by molar-refractivity contribution is -0.152. The van der Waals surface area contributed by atoms with Crippen molar-refractivity contribution < 1.29 is 48.4 Å². The Morgan fingerprint density at radius 2 is 1.53 bits per heavy atom. The summed E-state index contributed by atoms with van der Waals surface area (Å²) in [5.41, 5.74) is 2.27. The fourth-order valence-electron chi connectivity index (χ4n) is 5.77. The lowest BCUT2D eigenvalue weighted by Crippen LogP contribution is -2.55. The van der Waals surface area contributed by atoms with Crippen LogP contribution >= 0.6 is 0 Å². The van der Waals surface area contributed by atoms with Crippen molar-refractivity contribution in [2.45, 2.75) is 70.1 Å². The van der Waals surface area contributed by atoms with Crippen molar-refractivity contribution in [2.75, 3.05) is 18.1 Å². The molecule has 0 spiro atoms. The van der Waals surface area contributed by atoms with Gasteiger partial charge < -0.3 is 29.7 Å². The number of carbonyl (C=O) groups is 4. The topological polar surface area (TPSA) is 151 Å². The van der Waals surface area contributed by atoms with Crippen LogP contribution in [0.2, 0.25) is 0 Å². The molecule has 3 aromatic rings. The van der Waals surface area contributed by atoms with E-state index in [4.69, 9.17) is 14.6 Å². The maximum absolute atomic E-state index is 13.7. The summed E-state index contributed by atoms with van der Waals surface area (Å²) in [5.74, 6) is -2.91. The Kier molecular flexibility index (Phi) is 11.8. The van der Waals surface area contributed by atoms with E-state index in [1.54, 1.807) is 29.2 Å². The summed E-state index contributed by atoms with van der Waals surface area (Å²) in [6.45, 7) is 1.64. The monoisotopic (exact) mass is 649 g/mol. The van der Waals surface area contributed by atoms with Gasteiger partial charge in [-0.2, -0.15) is 0 Å². The van der Waals surface area contributed by atoms with E-state index >= 15 is 0 Å². The number of nitrogens with zero attached hydrogens (tertiary/aromatic N) is 1. The fraction of sp³-hybridized carbons (Fsp3) is 0.389. The Labute approximate surface area is 272 Å². The van der Waals surface area contributed by atoms with Crippen LogP contribution in [0.5, 0.6) is 0 Å². The quantitative estimate of drug-likeness (QED) is 0.146. The van der Waals surface area contributed by atoms with Crippen molar-refractivity contribution in [3.05, 3.63) is 101 Å². The van der Waals surface area contributed by atoms with Gasteiger partial charge in [-0.15, -0.1) is 0 Å². The molecule has 0 bridgehead atoms. The highest BCUT2D eigenvalue weighted by Gasteiger charge is 2.48. The molecular formula is C36H40FNO9. The lowest BCUT2D eigenvalue weighted by atomic mass is 9.78. The van der Waals surface area contributed by atoms with Crippen LogP contribution in [0.4, 0.5) is 10.1 Å². The summed E-state index contributed by atoms with van der Waals surface area (Å²) >= 11 is 0. The number of amides is 1. The Bertz CT molecular complexity index is 1540. The number of aryl methyl sites for hydroxylation is 2. The molecule has 3 N–H and O–H groups in total. The third kappa shape index (κ3) is 9.46. The molecule has 3 aromatic carbocycles. The van der Waals surface area contributed by atoms with E-state index in [1.807, 2.05) is 36.4 Å². The zero-order chi connectivity index (χ0) is 34.1. The first-order valence-electron chi connectivity index (χ1n) is 15.5. The van der Waals surface area contributed by atoms with Crippen molar-refractivity contribution >= 4 is 29.5 Å². The van der Waals surface area contributed by atoms with E-state index in [2.05, 4.69) is 0 Å². The van der Waals surface area contributed by atoms with Crippen LogP contribution in [-0.4, -0.2) is 57.9 Å². The predicted octanol–water partition coefficient (Wildman–Crippen LogP) is 4.85. The van der Waals surface area contributed by atoms with Crippen LogP contribution in [0.25, 0.3) is 0 Å². The first-order valence-corrected chi connectivity index (χ1v) is 15.5. The van der Waals surface area contributed by atoms with Gasteiger partial charge in [-0.25, -0.2) is 4.39 Å². The highest BCUT2D eigenvalue weighted by Crippen LogP contribution is 2.46. The Morgan fingerprint density at radius 3 is 2.11 bits per heavy atom. The molecule has 1 fully saturated rings. The Hall–Kier alpha value is -4.61. The van der Waals surface area contributed by atoms with Gasteiger partial charge >= 0.3 is 17.9 Å². The van der Waals surface area contributed by atoms with Crippen molar-refractivity contribution in [2.24, 2.45) is 5.92 Å². The Morgan fingerprint density at radius 1 is 0.915 bits per heavy atom. The maximum atomic E-state index is 13.7. The second-order valence-electron chi connectivity index (χ2n) is 12.0. The number of rotatable bonds is 16. The number of carbonyl (C=O) groups excluding carboxylic acids is 3. The SMILES string of the molecule is CC(=O)OCC(O)(CO)CCc1ccc([C@@H]2[C@@H](CC[C@H](OC(C)=O)c3ccc(F)cc3)C(=O)N2c2ccc(CCC(=O)O)cc2)cc1. The molecule has 0 aromatic heterocycles. The standard InChI is InChI=1S/C36H40FNO9/c1-23(40)46-22-36(45,21-39)20-19-26-3-8-28(9-4-26)34-31(16-17-32(47-24(2)41)27-10-12-29(37)13-11-27)35(44)38(34)30-14-5-25(6-15-30)7-18-33(42)43/h3-6,8-15,31-32,34,39,45H,7,16-22H2,1-2H3,(H,42,43)/t31-,32+,34-,36?/m1/s1. The molecule has 0 saturated carbocycles. The zero-order valence-corrected chi connectivity index (χ0v) is 26.4. The minimum absolute atomic E-state index is 0.00392. The molecule has 10 nitrogen and oxygen atoms in total. The van der Waals surface area contributed by atoms with Gasteiger partial charge in [-0.05, 0) is 78.6 Å². The van der Waals surface area contributed by atoms with Crippen LogP contribution < -0.4 is 4.90 Å². The highest BCUT2D eigenvalue weighted by atomic mass is 19.1. The maximum Gasteiger partial charge on any atom is 0.303 e. The number of hydrogen-bond donors (Lipinski definition) is 3. The number of β-lactam (4-membered cyclic amide) rings is 1. The van der Waals surface area contributed by atoms with Gasteiger partial charge in [0.1, 0.15) is 24.1 Å². The molecule has 47 heavy (non-hydrogen) atoms. The van der Waals surface area contributed by atoms with E-state index in [0.29, 0.717) is 36.9 Å². The van der Waals surface area contributed by atoms with E-state index in [1.165, 1.54) is 26.0 Å². The summed E-state index contributed by atoms with van der Waals surface area (Å²) in [5, 5.41) is 29.3. The minimum atomic E-state index is -1.58. The van der Waals surface area contributed by atoms with Crippen molar-refractivity contribution in [1.29, 1.82) is 0 Å². The molecule has 11 heteroatoms. The van der Waals surface area contributed by atoms with Crippen LogP contribution in [0.15, 0.2) is 72.8 Å². The molecule has 250 valence electrons. The number of aliphatic hydroxyl groups excluding tert-OH is 1. The van der Waals surface area contributed by atoms with Gasteiger partial charge in [0.25, 0.3) is 0 Å². The van der Waals surface area contributed by atoms with E-state index in [9.17, 15) is 33.8 Å². The van der Waals surface area contributed by atoms with Crippen LogP contribution in [0.1, 0.15) is 73.9 Å². The number of carboxylic acid groups (broad SMARTS) is 1. The second-order valence-corrected chi connectivity index (χ2v) is 12.0. The molecule has 1 saturated heterocycles. The third-order valence-corrected chi connectivity index (χ3v) is 8.38. The first-order chi connectivity index (χ1) is 22.4. The predicted molar refractivity (Wildman–Crippen MR) is 170 cm³/mol. The average molecular weight is 650 g/mol. The lowest BCUT2D eigenvalue weighted by Gasteiger charge is -2.48. The molecule has 1 aliphatic rings. The normalized spacial score (nSPS) is 17.7. The molecule has 1 aliphatic heterocycles. The fourth-order valence-corrected chi connectivity index (χ4v) is 5.77. The van der Waals surface area contributed by atoms with Crippen LogP contribution in [-0.2, 0) is 41.5 Å². The molecule has 4 atom stereocenters. The molecule has 1 unspecified atom stereocenters.